The molecule has 5 nitrogen and oxygen atoms in total. The summed E-state index contributed by atoms with van der Waals surface area (Å²) < 4.78 is 15.4. The Morgan fingerprint density at radius 1 is 0.714 bits per heavy atom. The summed E-state index contributed by atoms with van der Waals surface area (Å²) in [6.45, 7) is 7.66. The van der Waals surface area contributed by atoms with Crippen molar-refractivity contribution in [3.05, 3.63) is 0 Å². The summed E-state index contributed by atoms with van der Waals surface area (Å²) >= 11 is 0. The Bertz CT molecular complexity index is 318. The van der Waals surface area contributed by atoms with Gasteiger partial charge < -0.3 is 15.5 Å². The van der Waals surface area contributed by atoms with Crippen molar-refractivity contribution >= 4 is 7.82 Å². The summed E-state index contributed by atoms with van der Waals surface area (Å²) in [5, 5.41) is 0. The quantitative estimate of drug-likeness (QED) is 0.154. The van der Waals surface area contributed by atoms with Crippen LogP contribution < -0.4 is 5.73 Å². The van der Waals surface area contributed by atoms with Crippen LogP contribution in [-0.2, 0) is 9.09 Å². The highest BCUT2D eigenvalue weighted by Gasteiger charge is 2.17. The number of unbranched alkanes of at least 4 members (excludes halogenated alkanes) is 11. The zero-order chi connectivity index (χ0) is 21.5. The monoisotopic (exact) mass is 423 g/mol. The lowest BCUT2D eigenvalue weighted by molar-refractivity contribution is 0.157. The molecule has 0 atom stereocenters. The second-order valence-corrected chi connectivity index (χ2v) is 9.15. The molecule has 0 spiro atoms. The summed E-state index contributed by atoms with van der Waals surface area (Å²) in [4.78, 5) is 17.5. The van der Waals surface area contributed by atoms with Crippen LogP contribution in [0.1, 0.15) is 124 Å². The van der Waals surface area contributed by atoms with Crippen molar-refractivity contribution in [2.75, 3.05) is 13.2 Å². The first-order valence-corrected chi connectivity index (χ1v) is 13.3. The van der Waals surface area contributed by atoms with Gasteiger partial charge in [-0.25, -0.2) is 4.57 Å². The summed E-state index contributed by atoms with van der Waals surface area (Å²) in [7, 11) is -4.31. The molecule has 0 aromatic carbocycles. The van der Waals surface area contributed by atoms with Crippen LogP contribution in [-0.4, -0.2) is 22.9 Å². The maximum absolute atomic E-state index is 10.8. The molecule has 28 heavy (non-hydrogen) atoms. The van der Waals surface area contributed by atoms with Gasteiger partial charge in [0, 0.05) is 0 Å². The molecule has 0 aliphatic heterocycles. The van der Waals surface area contributed by atoms with Gasteiger partial charge in [-0.1, -0.05) is 104 Å². The van der Waals surface area contributed by atoms with Crippen LogP contribution in [0.4, 0.5) is 0 Å². The average Bonchev–Trinajstić information content (AvgIpc) is 2.65. The van der Waals surface area contributed by atoms with E-state index in [1.165, 1.54) is 77.0 Å². The number of phosphoric ester groups is 1. The minimum absolute atomic E-state index is 0.197. The van der Waals surface area contributed by atoms with Gasteiger partial charge in [0.15, 0.2) is 0 Å². The molecule has 0 fully saturated rings. The Balaban J connectivity index is 0. The molecule has 0 aromatic heterocycles. The molecule has 0 saturated heterocycles. The molecule has 0 bridgehead atoms. The van der Waals surface area contributed by atoms with Gasteiger partial charge in [-0.05, 0) is 31.7 Å². The molecule has 4 N–H and O–H groups in total. The Morgan fingerprint density at radius 3 is 1.50 bits per heavy atom. The largest absolute Gasteiger partial charge is 0.469 e. The van der Waals surface area contributed by atoms with Crippen molar-refractivity contribution < 1.29 is 18.9 Å². The second kappa shape index (κ2) is 23.3. The van der Waals surface area contributed by atoms with Crippen molar-refractivity contribution in [3.8, 4) is 0 Å². The van der Waals surface area contributed by atoms with E-state index in [1.807, 2.05) is 0 Å². The summed E-state index contributed by atoms with van der Waals surface area (Å²) in [5.41, 5.74) is 5.34. The summed E-state index contributed by atoms with van der Waals surface area (Å²) in [6.07, 6.45) is 19.7. The van der Waals surface area contributed by atoms with E-state index in [9.17, 15) is 4.57 Å². The third-order valence-corrected chi connectivity index (χ3v) is 5.45. The minimum Gasteiger partial charge on any atom is -0.330 e. The molecule has 0 aromatic rings. The van der Waals surface area contributed by atoms with E-state index in [0.717, 1.165) is 32.2 Å². The molecule has 0 heterocycles. The van der Waals surface area contributed by atoms with Gasteiger partial charge >= 0.3 is 7.82 Å². The molecule has 0 unspecified atom stereocenters. The van der Waals surface area contributed by atoms with Crippen molar-refractivity contribution in [1.82, 2.24) is 0 Å². The normalized spacial score (nSPS) is 11.5. The molecule has 0 aliphatic rings. The number of hydrogen-bond donors (Lipinski definition) is 3. The molecule has 0 saturated carbocycles. The fourth-order valence-corrected chi connectivity index (χ4v) is 3.56. The highest BCUT2D eigenvalue weighted by molar-refractivity contribution is 7.46. The van der Waals surface area contributed by atoms with E-state index < -0.39 is 7.82 Å². The van der Waals surface area contributed by atoms with Crippen LogP contribution in [0.15, 0.2) is 0 Å². The molecule has 0 rings (SSSR count). The van der Waals surface area contributed by atoms with Crippen LogP contribution in [0.3, 0.4) is 0 Å². The van der Waals surface area contributed by atoms with Gasteiger partial charge in [-0.15, -0.1) is 0 Å². The van der Waals surface area contributed by atoms with Crippen LogP contribution >= 0.6 is 7.82 Å². The predicted octanol–water partition coefficient (Wildman–Crippen LogP) is 6.96. The van der Waals surface area contributed by atoms with E-state index >= 15 is 0 Å². The van der Waals surface area contributed by atoms with Crippen LogP contribution in [0, 0.1) is 5.92 Å². The maximum atomic E-state index is 10.8. The molecular formula is C22H50NO4P. The number of hydrogen-bond acceptors (Lipinski definition) is 3. The predicted molar refractivity (Wildman–Crippen MR) is 121 cm³/mol. The standard InChI is InChI=1S/C14H31O4P.C8H19N/c1-3-5-7-9-11-14(12-10-8-6-4-2)13-18-19(15,16)17;1-2-3-4-5-6-7-8-9/h14H,3-13H2,1-2H3,(H2,15,16,17);2-9H2,1H3. The first kappa shape index (κ1) is 30.3. The van der Waals surface area contributed by atoms with E-state index in [-0.39, 0.29) is 6.61 Å². The summed E-state index contributed by atoms with van der Waals surface area (Å²) in [6, 6.07) is 0. The van der Waals surface area contributed by atoms with Gasteiger partial charge in [0.1, 0.15) is 0 Å². The third-order valence-electron chi connectivity index (χ3n) is 4.97. The zero-order valence-electron chi connectivity index (χ0n) is 19.0. The van der Waals surface area contributed by atoms with Gasteiger partial charge in [0.2, 0.25) is 0 Å². The number of nitrogens with two attached hydrogens (primary N) is 1. The molecular weight excluding hydrogens is 373 g/mol. The van der Waals surface area contributed by atoms with E-state index in [2.05, 4.69) is 25.3 Å². The average molecular weight is 424 g/mol. The first-order chi connectivity index (χ1) is 13.4. The van der Waals surface area contributed by atoms with Crippen molar-refractivity contribution in [3.63, 3.8) is 0 Å². The SMILES string of the molecule is CCCCCCC(CCCCCC)COP(=O)(O)O.CCCCCCCCN. The number of phosphoric acid groups is 1. The molecule has 0 amide bonds. The highest BCUT2D eigenvalue weighted by atomic mass is 31.2. The topological polar surface area (TPSA) is 92.8 Å². The highest BCUT2D eigenvalue weighted by Crippen LogP contribution is 2.37. The fourth-order valence-electron chi connectivity index (χ4n) is 3.16. The number of rotatable bonds is 19. The van der Waals surface area contributed by atoms with E-state index in [1.54, 1.807) is 0 Å². The molecule has 172 valence electrons. The molecule has 6 heteroatoms. The zero-order valence-corrected chi connectivity index (χ0v) is 19.9. The van der Waals surface area contributed by atoms with Gasteiger partial charge in [-0.2, -0.15) is 0 Å². The Labute approximate surface area is 175 Å². The van der Waals surface area contributed by atoms with Crippen LogP contribution in [0.2, 0.25) is 0 Å². The van der Waals surface area contributed by atoms with Crippen LogP contribution in [0.25, 0.3) is 0 Å². The first-order valence-electron chi connectivity index (χ1n) is 11.8. The van der Waals surface area contributed by atoms with Gasteiger partial charge in [-0.3, -0.25) is 4.52 Å². The maximum Gasteiger partial charge on any atom is 0.469 e. The Morgan fingerprint density at radius 2 is 1.11 bits per heavy atom. The van der Waals surface area contributed by atoms with Crippen molar-refractivity contribution in [1.29, 1.82) is 0 Å². The molecule has 0 radical (unpaired) electrons. The smallest absolute Gasteiger partial charge is 0.330 e. The Hall–Kier alpha value is 0.0700. The van der Waals surface area contributed by atoms with E-state index in [0.29, 0.717) is 5.92 Å². The fraction of sp³-hybridized carbons (Fsp3) is 1.00. The lowest BCUT2D eigenvalue weighted by atomic mass is 9.95. The molecule has 0 aliphatic carbocycles. The second-order valence-electron chi connectivity index (χ2n) is 7.91. The minimum atomic E-state index is -4.31. The van der Waals surface area contributed by atoms with E-state index in [4.69, 9.17) is 15.5 Å². The van der Waals surface area contributed by atoms with Crippen molar-refractivity contribution in [2.24, 2.45) is 11.7 Å². The van der Waals surface area contributed by atoms with Crippen molar-refractivity contribution in [2.45, 2.75) is 124 Å². The lowest BCUT2D eigenvalue weighted by Crippen LogP contribution is -2.09. The van der Waals surface area contributed by atoms with Gasteiger partial charge in [0.25, 0.3) is 0 Å². The van der Waals surface area contributed by atoms with Gasteiger partial charge in [0.05, 0.1) is 6.61 Å². The van der Waals surface area contributed by atoms with Crippen LogP contribution in [0.5, 0.6) is 0 Å². The summed E-state index contributed by atoms with van der Waals surface area (Å²) in [5.74, 6) is 0.293. The lowest BCUT2D eigenvalue weighted by Gasteiger charge is -2.17. The Kier molecular flexibility index (Phi) is 25.2. The third kappa shape index (κ3) is 28.3.